The van der Waals surface area contributed by atoms with Gasteiger partial charge in [0.2, 0.25) is 0 Å². The van der Waals surface area contributed by atoms with Gasteiger partial charge in [-0.2, -0.15) is 5.10 Å². The van der Waals surface area contributed by atoms with Crippen LogP contribution in [0.15, 0.2) is 18.5 Å². The first-order chi connectivity index (χ1) is 9.57. The first kappa shape index (κ1) is 12.1. The van der Waals surface area contributed by atoms with E-state index in [1.807, 2.05) is 10.7 Å². The predicted molar refractivity (Wildman–Crippen MR) is 77.0 cm³/mol. The lowest BCUT2D eigenvalue weighted by atomic mass is 9.89. The molecule has 0 radical (unpaired) electrons. The third kappa shape index (κ3) is 1.73. The number of rotatable bonds is 3. The molecule has 4 rings (SSSR count). The molecule has 1 N–H and O–H groups in total. The number of nitrogens with zero attached hydrogens (tertiary/aromatic N) is 4. The average molecular weight is 272 g/mol. The third-order valence-electron chi connectivity index (χ3n) is 4.55. The van der Waals surface area contributed by atoms with Gasteiger partial charge in [0.1, 0.15) is 11.1 Å². The van der Waals surface area contributed by atoms with E-state index in [0.717, 1.165) is 17.0 Å². The van der Waals surface area contributed by atoms with Crippen LogP contribution in [0.5, 0.6) is 0 Å². The Morgan fingerprint density at radius 1 is 1.35 bits per heavy atom. The quantitative estimate of drug-likeness (QED) is 0.926. The van der Waals surface area contributed by atoms with Crippen LogP contribution in [-0.2, 0) is 0 Å². The third-order valence-corrected chi connectivity index (χ3v) is 4.55. The molecule has 2 aromatic rings. The van der Waals surface area contributed by atoms with Crippen LogP contribution in [0.3, 0.4) is 0 Å². The molecule has 5 nitrogen and oxygen atoms in total. The van der Waals surface area contributed by atoms with Crippen LogP contribution in [-0.4, -0.2) is 38.4 Å². The monoisotopic (exact) mass is 272 g/mol. The number of β-amino-alcohol motifs (C(OH)–C–C–N with tert-alkyl or cyclic N) is 1. The smallest absolute Gasteiger partial charge is 0.154 e. The zero-order chi connectivity index (χ0) is 13.9. The average Bonchev–Trinajstić information content (AvgIpc) is 3.13. The lowest BCUT2D eigenvalue weighted by molar-refractivity contribution is -0.00961. The van der Waals surface area contributed by atoms with Gasteiger partial charge in [0, 0.05) is 12.4 Å². The fourth-order valence-electron chi connectivity index (χ4n) is 3.10. The van der Waals surface area contributed by atoms with Crippen molar-refractivity contribution in [2.24, 2.45) is 5.92 Å². The van der Waals surface area contributed by atoms with Crippen molar-refractivity contribution in [2.45, 2.75) is 38.2 Å². The van der Waals surface area contributed by atoms with Crippen LogP contribution < -0.4 is 4.90 Å². The summed E-state index contributed by atoms with van der Waals surface area (Å²) in [6, 6.07) is 2.11. The van der Waals surface area contributed by atoms with E-state index in [1.54, 1.807) is 6.20 Å². The minimum absolute atomic E-state index is 0.405. The van der Waals surface area contributed by atoms with E-state index < -0.39 is 5.60 Å². The van der Waals surface area contributed by atoms with Crippen molar-refractivity contribution in [3.05, 3.63) is 24.2 Å². The molecule has 2 fully saturated rings. The second-order valence-corrected chi connectivity index (χ2v) is 6.54. The highest BCUT2D eigenvalue weighted by atomic mass is 16.3. The zero-order valence-corrected chi connectivity index (χ0v) is 12.0. The summed E-state index contributed by atoms with van der Waals surface area (Å²) in [5, 5.41) is 15.0. The highest BCUT2D eigenvalue weighted by Gasteiger charge is 2.52. The minimum Gasteiger partial charge on any atom is -0.386 e. The van der Waals surface area contributed by atoms with Crippen molar-refractivity contribution < 1.29 is 5.11 Å². The van der Waals surface area contributed by atoms with Gasteiger partial charge in [-0.25, -0.2) is 9.50 Å². The second-order valence-electron chi connectivity index (χ2n) is 6.54. The lowest BCUT2D eigenvalue weighted by Crippen LogP contribution is -2.63. The maximum Gasteiger partial charge on any atom is 0.154 e. The molecule has 0 aromatic carbocycles. The number of aliphatic hydroxyl groups is 1. The number of aromatic nitrogens is 3. The number of fused-ring (bicyclic) bond motifs is 1. The normalized spacial score (nSPS) is 21.5. The van der Waals surface area contributed by atoms with Crippen LogP contribution in [0, 0.1) is 5.92 Å². The highest BCUT2D eigenvalue weighted by molar-refractivity contribution is 5.70. The maximum absolute atomic E-state index is 10.5. The predicted octanol–water partition coefficient (Wildman–Crippen LogP) is 1.81. The Bertz CT molecular complexity index is 653. The molecule has 5 heteroatoms. The van der Waals surface area contributed by atoms with Gasteiger partial charge < -0.3 is 10.0 Å². The first-order valence-electron chi connectivity index (χ1n) is 7.38. The van der Waals surface area contributed by atoms with E-state index in [4.69, 9.17) is 0 Å². The fourth-order valence-corrected chi connectivity index (χ4v) is 3.10. The molecule has 1 aliphatic carbocycles. The summed E-state index contributed by atoms with van der Waals surface area (Å²) < 4.78 is 1.90. The molecule has 1 aliphatic heterocycles. The molecule has 0 spiro atoms. The molecule has 0 bridgehead atoms. The van der Waals surface area contributed by atoms with Gasteiger partial charge in [-0.05, 0) is 30.7 Å². The molecular weight excluding hydrogens is 252 g/mol. The van der Waals surface area contributed by atoms with Crippen molar-refractivity contribution in [3.63, 3.8) is 0 Å². The van der Waals surface area contributed by atoms with E-state index in [1.165, 1.54) is 12.8 Å². The van der Waals surface area contributed by atoms with E-state index in [0.29, 0.717) is 24.9 Å². The Morgan fingerprint density at radius 3 is 2.75 bits per heavy atom. The fraction of sp³-hybridized carbons (Fsp3) is 0.600. The summed E-state index contributed by atoms with van der Waals surface area (Å²) in [5.41, 5.74) is 1.64. The van der Waals surface area contributed by atoms with Crippen molar-refractivity contribution in [1.29, 1.82) is 0 Å². The molecule has 20 heavy (non-hydrogen) atoms. The van der Waals surface area contributed by atoms with Gasteiger partial charge >= 0.3 is 0 Å². The summed E-state index contributed by atoms with van der Waals surface area (Å²) in [6.45, 7) is 5.69. The largest absolute Gasteiger partial charge is 0.386 e. The molecule has 2 aromatic heterocycles. The summed E-state index contributed by atoms with van der Waals surface area (Å²) in [5.74, 6) is 1.86. The number of hydrogen-bond donors (Lipinski definition) is 1. The molecule has 1 saturated carbocycles. The Balaban J connectivity index is 1.66. The minimum atomic E-state index is -0.477. The van der Waals surface area contributed by atoms with Crippen LogP contribution in [0.4, 0.5) is 5.82 Å². The summed E-state index contributed by atoms with van der Waals surface area (Å²) in [7, 11) is 0. The number of anilines is 1. The first-order valence-corrected chi connectivity index (χ1v) is 7.38. The standard InChI is InChI=1S/C15H20N4O/c1-10(2)12-7-13-14(16-5-6-19(13)17-12)18-8-15(20,9-18)11-3-4-11/h5-7,10-11,20H,3-4,8-9H2,1-2H3. The van der Waals surface area contributed by atoms with E-state index in [9.17, 15) is 5.11 Å². The molecule has 3 heterocycles. The van der Waals surface area contributed by atoms with Crippen LogP contribution in [0.25, 0.3) is 5.52 Å². The molecule has 106 valence electrons. The van der Waals surface area contributed by atoms with Gasteiger partial charge in [0.25, 0.3) is 0 Å². The summed E-state index contributed by atoms with van der Waals surface area (Å²) in [4.78, 5) is 6.67. The van der Waals surface area contributed by atoms with E-state index in [2.05, 4.69) is 34.9 Å². The van der Waals surface area contributed by atoms with Crippen molar-refractivity contribution in [1.82, 2.24) is 14.6 Å². The molecule has 1 saturated heterocycles. The van der Waals surface area contributed by atoms with Gasteiger partial charge in [-0.15, -0.1) is 0 Å². The van der Waals surface area contributed by atoms with Gasteiger partial charge in [0.15, 0.2) is 5.82 Å². The highest BCUT2D eigenvalue weighted by Crippen LogP contribution is 2.45. The van der Waals surface area contributed by atoms with E-state index >= 15 is 0 Å². The molecule has 2 aliphatic rings. The summed E-state index contributed by atoms with van der Waals surface area (Å²) >= 11 is 0. The van der Waals surface area contributed by atoms with Gasteiger partial charge in [-0.1, -0.05) is 13.8 Å². The maximum atomic E-state index is 10.5. The van der Waals surface area contributed by atoms with E-state index in [-0.39, 0.29) is 0 Å². The Kier molecular flexibility index (Phi) is 2.40. The number of hydrogen-bond acceptors (Lipinski definition) is 4. The van der Waals surface area contributed by atoms with Crippen molar-refractivity contribution >= 4 is 11.3 Å². The SMILES string of the molecule is CC(C)c1cc2c(N3CC(O)(C4CC4)C3)nccn2n1. The van der Waals surface area contributed by atoms with Crippen LogP contribution in [0.2, 0.25) is 0 Å². The molecule has 0 unspecified atom stereocenters. The summed E-state index contributed by atoms with van der Waals surface area (Å²) in [6.07, 6.45) is 6.02. The van der Waals surface area contributed by atoms with Gasteiger partial charge in [0.05, 0.1) is 18.8 Å². The Hall–Kier alpha value is -1.62. The zero-order valence-electron chi connectivity index (χ0n) is 12.0. The van der Waals surface area contributed by atoms with Gasteiger partial charge in [-0.3, -0.25) is 0 Å². The van der Waals surface area contributed by atoms with Crippen LogP contribution >= 0.6 is 0 Å². The van der Waals surface area contributed by atoms with Crippen LogP contribution in [0.1, 0.15) is 38.3 Å². The molecule has 0 amide bonds. The topological polar surface area (TPSA) is 53.7 Å². The Morgan fingerprint density at radius 2 is 2.10 bits per heavy atom. The van der Waals surface area contributed by atoms with Crippen molar-refractivity contribution in [3.8, 4) is 0 Å². The van der Waals surface area contributed by atoms with Crippen molar-refractivity contribution in [2.75, 3.05) is 18.0 Å². The lowest BCUT2D eigenvalue weighted by Gasteiger charge is -2.47. The molecule has 0 atom stereocenters. The Labute approximate surface area is 118 Å². The second kappa shape index (κ2) is 3.95. The molecular formula is C15H20N4O.